The predicted octanol–water partition coefficient (Wildman–Crippen LogP) is 3.11. The van der Waals surface area contributed by atoms with Gasteiger partial charge in [0.2, 0.25) is 5.91 Å². The first-order chi connectivity index (χ1) is 13.4. The second-order valence-electron chi connectivity index (χ2n) is 7.03. The fourth-order valence-corrected chi connectivity index (χ4v) is 6.11. The monoisotopic (exact) mass is 422 g/mol. The number of benzene rings is 1. The number of hydrogen-bond acceptors (Lipinski definition) is 5. The number of piperidine rings is 1. The molecule has 1 aromatic heterocycles. The third-order valence-corrected chi connectivity index (χ3v) is 8.58. The summed E-state index contributed by atoms with van der Waals surface area (Å²) in [6.45, 7) is 3.29. The molecule has 2 heterocycles. The maximum atomic E-state index is 12.6. The summed E-state index contributed by atoms with van der Waals surface area (Å²) in [5.41, 5.74) is 0.983. The number of ether oxygens (including phenoxy) is 1. The molecule has 0 spiro atoms. The Morgan fingerprint density at radius 2 is 2.04 bits per heavy atom. The molecule has 1 amide bonds. The van der Waals surface area contributed by atoms with Crippen molar-refractivity contribution < 1.29 is 17.9 Å². The van der Waals surface area contributed by atoms with Crippen molar-refractivity contribution >= 4 is 27.3 Å². The molecule has 152 valence electrons. The van der Waals surface area contributed by atoms with Gasteiger partial charge in [-0.1, -0.05) is 25.1 Å². The lowest BCUT2D eigenvalue weighted by atomic mass is 9.85. The number of amides is 1. The summed E-state index contributed by atoms with van der Waals surface area (Å²) < 4.78 is 32.4. The fourth-order valence-electron chi connectivity index (χ4n) is 3.50. The second-order valence-corrected chi connectivity index (χ2v) is 10.1. The Hall–Kier alpha value is -1.90. The van der Waals surface area contributed by atoms with Gasteiger partial charge in [0.25, 0.3) is 10.0 Å². The zero-order valence-electron chi connectivity index (χ0n) is 16.1. The van der Waals surface area contributed by atoms with Gasteiger partial charge in [-0.25, -0.2) is 8.42 Å². The SMILES string of the molecule is COc1cccc(CNC(=O)C(C)C2CCN(S(=O)(=O)c3cccs3)CC2)c1. The minimum Gasteiger partial charge on any atom is -0.497 e. The van der Waals surface area contributed by atoms with Crippen LogP contribution in [0.2, 0.25) is 0 Å². The van der Waals surface area contributed by atoms with Crippen LogP contribution in [0.25, 0.3) is 0 Å². The van der Waals surface area contributed by atoms with Crippen molar-refractivity contribution in [2.24, 2.45) is 11.8 Å². The van der Waals surface area contributed by atoms with E-state index in [1.54, 1.807) is 24.6 Å². The lowest BCUT2D eigenvalue weighted by Crippen LogP contribution is -2.42. The third kappa shape index (κ3) is 4.74. The van der Waals surface area contributed by atoms with Crippen molar-refractivity contribution in [3.05, 3.63) is 47.3 Å². The summed E-state index contributed by atoms with van der Waals surface area (Å²) in [6, 6.07) is 11.0. The molecular weight excluding hydrogens is 396 g/mol. The van der Waals surface area contributed by atoms with Crippen LogP contribution in [0.3, 0.4) is 0 Å². The van der Waals surface area contributed by atoms with Crippen molar-refractivity contribution in [2.45, 2.75) is 30.5 Å². The van der Waals surface area contributed by atoms with Gasteiger partial charge in [-0.05, 0) is 47.9 Å². The lowest BCUT2D eigenvalue weighted by molar-refractivity contribution is -0.126. The number of methoxy groups -OCH3 is 1. The van der Waals surface area contributed by atoms with Crippen molar-refractivity contribution in [3.63, 3.8) is 0 Å². The normalized spacial score (nSPS) is 17.2. The van der Waals surface area contributed by atoms with E-state index < -0.39 is 10.0 Å². The summed E-state index contributed by atoms with van der Waals surface area (Å²) in [5, 5.41) is 4.76. The number of rotatable bonds is 7. The molecule has 0 aliphatic carbocycles. The average molecular weight is 423 g/mol. The number of sulfonamides is 1. The molecule has 1 aromatic carbocycles. The summed E-state index contributed by atoms with van der Waals surface area (Å²) in [5.74, 6) is 0.791. The molecule has 2 aromatic rings. The van der Waals surface area contributed by atoms with E-state index in [-0.39, 0.29) is 17.7 Å². The minimum absolute atomic E-state index is 0.00221. The van der Waals surface area contributed by atoms with E-state index in [0.29, 0.717) is 36.7 Å². The molecule has 3 rings (SSSR count). The van der Waals surface area contributed by atoms with E-state index in [1.807, 2.05) is 31.2 Å². The Morgan fingerprint density at radius 1 is 1.29 bits per heavy atom. The number of thiophene rings is 1. The molecular formula is C20H26N2O4S2. The molecule has 0 radical (unpaired) electrons. The van der Waals surface area contributed by atoms with Gasteiger partial charge in [0.15, 0.2) is 0 Å². The Morgan fingerprint density at radius 3 is 2.68 bits per heavy atom. The van der Waals surface area contributed by atoms with E-state index in [9.17, 15) is 13.2 Å². The van der Waals surface area contributed by atoms with Crippen LogP contribution in [0.4, 0.5) is 0 Å². The first-order valence-corrected chi connectivity index (χ1v) is 11.7. The van der Waals surface area contributed by atoms with Crippen LogP contribution in [0.1, 0.15) is 25.3 Å². The molecule has 0 saturated carbocycles. The van der Waals surface area contributed by atoms with Crippen LogP contribution < -0.4 is 10.1 Å². The van der Waals surface area contributed by atoms with Crippen molar-refractivity contribution in [1.29, 1.82) is 0 Å². The summed E-state index contributed by atoms with van der Waals surface area (Å²) in [6.07, 6.45) is 1.39. The molecule has 0 bridgehead atoms. The van der Waals surface area contributed by atoms with Gasteiger partial charge in [-0.2, -0.15) is 4.31 Å². The highest BCUT2D eigenvalue weighted by Crippen LogP contribution is 2.30. The maximum Gasteiger partial charge on any atom is 0.252 e. The van der Waals surface area contributed by atoms with Crippen LogP contribution in [-0.4, -0.2) is 38.8 Å². The standard InChI is InChI=1S/C20H26N2O4S2/c1-15(20(23)21-14-16-5-3-6-18(13-16)26-2)17-8-10-22(11-9-17)28(24,25)19-7-4-12-27-19/h3-7,12-13,15,17H,8-11,14H2,1-2H3,(H,21,23). The van der Waals surface area contributed by atoms with Crippen LogP contribution >= 0.6 is 11.3 Å². The number of carbonyl (C=O) groups excluding carboxylic acids is 1. The zero-order valence-corrected chi connectivity index (χ0v) is 17.8. The fraction of sp³-hybridized carbons (Fsp3) is 0.450. The highest BCUT2D eigenvalue weighted by molar-refractivity contribution is 7.91. The van der Waals surface area contributed by atoms with Crippen molar-refractivity contribution in [1.82, 2.24) is 9.62 Å². The minimum atomic E-state index is -3.40. The van der Waals surface area contributed by atoms with Gasteiger partial charge >= 0.3 is 0 Å². The average Bonchev–Trinajstić information content (AvgIpc) is 3.27. The van der Waals surface area contributed by atoms with Gasteiger partial charge in [-0.15, -0.1) is 11.3 Å². The van der Waals surface area contributed by atoms with Gasteiger partial charge in [0, 0.05) is 25.6 Å². The topological polar surface area (TPSA) is 75.7 Å². The van der Waals surface area contributed by atoms with Crippen LogP contribution in [-0.2, 0) is 21.4 Å². The summed E-state index contributed by atoms with van der Waals surface area (Å²) >= 11 is 1.24. The first kappa shape index (κ1) is 20.8. The second kappa shape index (κ2) is 9.07. The van der Waals surface area contributed by atoms with E-state index in [0.717, 1.165) is 11.3 Å². The largest absolute Gasteiger partial charge is 0.497 e. The lowest BCUT2D eigenvalue weighted by Gasteiger charge is -2.33. The van der Waals surface area contributed by atoms with Crippen LogP contribution in [0.15, 0.2) is 46.0 Å². The third-order valence-electron chi connectivity index (χ3n) is 5.31. The molecule has 1 unspecified atom stereocenters. The van der Waals surface area contributed by atoms with Gasteiger partial charge in [-0.3, -0.25) is 4.79 Å². The van der Waals surface area contributed by atoms with E-state index in [4.69, 9.17) is 4.74 Å². The molecule has 28 heavy (non-hydrogen) atoms. The Kier molecular flexibility index (Phi) is 6.74. The quantitative estimate of drug-likeness (QED) is 0.744. The number of hydrogen-bond donors (Lipinski definition) is 1. The molecule has 6 nitrogen and oxygen atoms in total. The Bertz CT molecular complexity index is 889. The molecule has 1 saturated heterocycles. The van der Waals surface area contributed by atoms with E-state index >= 15 is 0 Å². The van der Waals surface area contributed by atoms with Crippen molar-refractivity contribution in [3.8, 4) is 5.75 Å². The molecule has 1 aliphatic heterocycles. The van der Waals surface area contributed by atoms with Crippen LogP contribution in [0.5, 0.6) is 5.75 Å². The molecule has 1 atom stereocenters. The zero-order chi connectivity index (χ0) is 20.1. The predicted molar refractivity (Wildman–Crippen MR) is 110 cm³/mol. The van der Waals surface area contributed by atoms with Crippen molar-refractivity contribution in [2.75, 3.05) is 20.2 Å². The number of nitrogens with one attached hydrogen (secondary N) is 1. The van der Waals surface area contributed by atoms with Crippen LogP contribution in [0, 0.1) is 11.8 Å². The number of carbonyl (C=O) groups is 1. The Labute approximate surface area is 170 Å². The van der Waals surface area contributed by atoms with Gasteiger partial charge in [0.1, 0.15) is 9.96 Å². The smallest absolute Gasteiger partial charge is 0.252 e. The Balaban J connectivity index is 1.51. The summed E-state index contributed by atoms with van der Waals surface area (Å²) in [4.78, 5) is 12.6. The van der Waals surface area contributed by atoms with Gasteiger partial charge < -0.3 is 10.1 Å². The van der Waals surface area contributed by atoms with E-state index in [2.05, 4.69) is 5.32 Å². The highest BCUT2D eigenvalue weighted by atomic mass is 32.2. The molecule has 1 fully saturated rings. The summed E-state index contributed by atoms with van der Waals surface area (Å²) in [7, 11) is -1.79. The highest BCUT2D eigenvalue weighted by Gasteiger charge is 2.33. The van der Waals surface area contributed by atoms with E-state index in [1.165, 1.54) is 15.6 Å². The number of nitrogens with zero attached hydrogens (tertiary/aromatic N) is 1. The molecule has 8 heteroatoms. The van der Waals surface area contributed by atoms with Gasteiger partial charge in [0.05, 0.1) is 7.11 Å². The molecule has 1 aliphatic rings. The maximum absolute atomic E-state index is 12.6. The first-order valence-electron chi connectivity index (χ1n) is 9.36. The molecule has 1 N–H and O–H groups in total.